The van der Waals surface area contributed by atoms with Crippen LogP contribution in [0.3, 0.4) is 0 Å². The van der Waals surface area contributed by atoms with E-state index in [0.717, 1.165) is 23.1 Å². The summed E-state index contributed by atoms with van der Waals surface area (Å²) >= 11 is 0. The normalized spacial score (nSPS) is 12.7. The van der Waals surface area contributed by atoms with E-state index in [-0.39, 0.29) is 5.69 Å². The lowest BCUT2D eigenvalue weighted by atomic mass is 10.1. The molecule has 1 aromatic heterocycles. The summed E-state index contributed by atoms with van der Waals surface area (Å²) < 4.78 is 5.33. The summed E-state index contributed by atoms with van der Waals surface area (Å²) in [5.74, 6) is 0.706. The molecule has 7 heteroatoms. The van der Waals surface area contributed by atoms with Crippen molar-refractivity contribution in [3.05, 3.63) is 41.6 Å². The summed E-state index contributed by atoms with van der Waals surface area (Å²) in [6.45, 7) is 1.51. The fraction of sp³-hybridized carbons (Fsp3) is 0.278. The van der Waals surface area contributed by atoms with E-state index in [0.29, 0.717) is 23.2 Å². The van der Waals surface area contributed by atoms with Gasteiger partial charge in [0.15, 0.2) is 5.69 Å². The van der Waals surface area contributed by atoms with Crippen molar-refractivity contribution in [1.29, 1.82) is 0 Å². The minimum absolute atomic E-state index is 0.238. The Morgan fingerprint density at radius 3 is 2.72 bits per heavy atom. The average Bonchev–Trinajstić information content (AvgIpc) is 2.59. The van der Waals surface area contributed by atoms with Gasteiger partial charge in [-0.25, -0.2) is 10.2 Å². The van der Waals surface area contributed by atoms with Gasteiger partial charge in [0, 0.05) is 24.5 Å². The van der Waals surface area contributed by atoms with E-state index in [4.69, 9.17) is 4.74 Å². The van der Waals surface area contributed by atoms with Gasteiger partial charge in [0.1, 0.15) is 5.75 Å². The highest BCUT2D eigenvalue weighted by molar-refractivity contribution is 6.11. The van der Waals surface area contributed by atoms with E-state index in [1.165, 1.54) is 0 Å². The topological polar surface area (TPSA) is 85.1 Å². The van der Waals surface area contributed by atoms with Gasteiger partial charge in [-0.1, -0.05) is 6.07 Å². The molecule has 1 atom stereocenters. The summed E-state index contributed by atoms with van der Waals surface area (Å²) in [6.07, 6.45) is 0. The lowest BCUT2D eigenvalue weighted by Crippen LogP contribution is -2.99. The predicted molar refractivity (Wildman–Crippen MR) is 98.6 cm³/mol. The second kappa shape index (κ2) is 7.20. The standard InChI is InChI=1S/C18H22N4O3/c1-21(2)10-9-19-18-13-11-12(25-3)7-8-14(13)20-15-5-4-6-16(17(15)18)22(23)24/h4-8,11,22-23H,9-10H2,1-3H3,(H,19,20). The maximum atomic E-state index is 11.7. The number of aromatic nitrogens is 1. The second-order valence-corrected chi connectivity index (χ2v) is 6.10. The molecule has 25 heavy (non-hydrogen) atoms. The number of fused-ring (bicyclic) bond motifs is 2. The monoisotopic (exact) mass is 342 g/mol. The zero-order valence-corrected chi connectivity index (χ0v) is 14.5. The Bertz CT molecular complexity index is 896. The molecule has 3 aromatic rings. The molecule has 0 bridgehead atoms. The molecule has 2 aromatic carbocycles. The molecule has 7 nitrogen and oxygen atoms in total. The molecule has 0 saturated carbocycles. The van der Waals surface area contributed by atoms with Crippen molar-refractivity contribution in [1.82, 2.24) is 9.88 Å². The van der Waals surface area contributed by atoms with Crippen LogP contribution >= 0.6 is 0 Å². The van der Waals surface area contributed by atoms with Crippen molar-refractivity contribution in [2.24, 2.45) is 0 Å². The van der Waals surface area contributed by atoms with Crippen LogP contribution < -0.4 is 15.3 Å². The first kappa shape index (κ1) is 17.4. The first-order chi connectivity index (χ1) is 12.0. The summed E-state index contributed by atoms with van der Waals surface area (Å²) in [7, 11) is 5.60. The van der Waals surface area contributed by atoms with Gasteiger partial charge in [-0.3, -0.25) is 0 Å². The lowest BCUT2D eigenvalue weighted by Gasteiger charge is -2.19. The SMILES string of the molecule is COc1ccc2nc3cccc([NH+]([O-])O)c3c(NCCN(C)C)c2c1. The third-order valence-electron chi connectivity index (χ3n) is 4.10. The second-order valence-electron chi connectivity index (χ2n) is 6.10. The molecule has 3 N–H and O–H groups in total. The van der Waals surface area contributed by atoms with Crippen molar-refractivity contribution in [2.45, 2.75) is 0 Å². The zero-order chi connectivity index (χ0) is 18.0. The summed E-state index contributed by atoms with van der Waals surface area (Å²) in [4.78, 5) is 6.70. The van der Waals surface area contributed by atoms with Crippen molar-refractivity contribution in [2.75, 3.05) is 39.6 Å². The molecule has 1 heterocycles. The molecule has 0 saturated heterocycles. The van der Waals surface area contributed by atoms with Gasteiger partial charge < -0.3 is 20.2 Å². The predicted octanol–water partition coefficient (Wildman–Crippen LogP) is 1.77. The number of anilines is 1. The van der Waals surface area contributed by atoms with E-state index in [2.05, 4.69) is 15.2 Å². The molecular weight excluding hydrogens is 320 g/mol. The molecule has 0 aliphatic rings. The summed E-state index contributed by atoms with van der Waals surface area (Å²) in [6, 6.07) is 10.8. The van der Waals surface area contributed by atoms with Crippen LogP contribution in [0.2, 0.25) is 0 Å². The molecule has 0 spiro atoms. The number of benzene rings is 2. The Morgan fingerprint density at radius 1 is 1.24 bits per heavy atom. The minimum Gasteiger partial charge on any atom is -0.595 e. The van der Waals surface area contributed by atoms with E-state index < -0.39 is 5.23 Å². The largest absolute Gasteiger partial charge is 0.595 e. The van der Waals surface area contributed by atoms with Crippen molar-refractivity contribution < 1.29 is 15.2 Å². The highest BCUT2D eigenvalue weighted by Gasteiger charge is 2.17. The first-order valence-corrected chi connectivity index (χ1v) is 8.03. The van der Waals surface area contributed by atoms with Gasteiger partial charge in [-0.05, 0) is 38.4 Å². The first-order valence-electron chi connectivity index (χ1n) is 8.03. The smallest absolute Gasteiger partial charge is 0.175 e. The fourth-order valence-electron chi connectivity index (χ4n) is 2.87. The van der Waals surface area contributed by atoms with Crippen LogP contribution in [0.5, 0.6) is 5.75 Å². The van der Waals surface area contributed by atoms with Gasteiger partial charge in [-0.15, -0.1) is 0 Å². The molecular formula is C18H22N4O3. The van der Waals surface area contributed by atoms with Crippen LogP contribution in [0.1, 0.15) is 0 Å². The van der Waals surface area contributed by atoms with E-state index in [9.17, 15) is 10.4 Å². The minimum atomic E-state index is -0.967. The molecule has 0 fully saturated rings. The Morgan fingerprint density at radius 2 is 2.04 bits per heavy atom. The maximum Gasteiger partial charge on any atom is 0.175 e. The summed E-state index contributed by atoms with van der Waals surface area (Å²) in [5, 5.41) is 25.2. The Balaban J connectivity index is 2.27. The Labute approximate surface area is 146 Å². The fourth-order valence-corrected chi connectivity index (χ4v) is 2.87. The maximum absolute atomic E-state index is 11.7. The zero-order valence-electron chi connectivity index (χ0n) is 14.5. The molecule has 0 aliphatic heterocycles. The third-order valence-corrected chi connectivity index (χ3v) is 4.10. The molecule has 3 rings (SSSR count). The highest BCUT2D eigenvalue weighted by Crippen LogP contribution is 2.35. The quantitative estimate of drug-likeness (QED) is 0.468. The molecule has 132 valence electrons. The lowest BCUT2D eigenvalue weighted by molar-refractivity contribution is -0.990. The van der Waals surface area contributed by atoms with Crippen molar-refractivity contribution >= 4 is 33.2 Å². The number of likely N-dealkylation sites (N-methyl/N-ethyl adjacent to an activating group) is 1. The van der Waals surface area contributed by atoms with E-state index >= 15 is 0 Å². The number of quaternary nitrogens is 1. The number of nitrogens with one attached hydrogen (secondary N) is 2. The van der Waals surface area contributed by atoms with Crippen molar-refractivity contribution in [3.8, 4) is 5.75 Å². The van der Waals surface area contributed by atoms with Crippen LogP contribution in [0.15, 0.2) is 36.4 Å². The summed E-state index contributed by atoms with van der Waals surface area (Å²) in [5.41, 5.74) is 2.47. The number of rotatable bonds is 6. The molecule has 0 aliphatic carbocycles. The third kappa shape index (κ3) is 3.49. The molecule has 0 amide bonds. The van der Waals surface area contributed by atoms with Crippen LogP contribution in [-0.2, 0) is 0 Å². The molecule has 1 unspecified atom stereocenters. The van der Waals surface area contributed by atoms with Crippen LogP contribution in [0.4, 0.5) is 11.4 Å². The Kier molecular flexibility index (Phi) is 5.00. The van der Waals surface area contributed by atoms with Crippen LogP contribution in [0, 0.1) is 5.21 Å². The van der Waals surface area contributed by atoms with Gasteiger partial charge in [0.05, 0.1) is 29.2 Å². The number of pyridine rings is 1. The van der Waals surface area contributed by atoms with Crippen molar-refractivity contribution in [3.63, 3.8) is 0 Å². The number of hydrogen-bond acceptors (Lipinski definition) is 6. The van der Waals surface area contributed by atoms with E-state index in [1.807, 2.05) is 38.4 Å². The number of methoxy groups -OCH3 is 1. The van der Waals surface area contributed by atoms with E-state index in [1.54, 1.807) is 19.2 Å². The molecule has 0 radical (unpaired) electrons. The van der Waals surface area contributed by atoms with Gasteiger partial charge in [0.25, 0.3) is 0 Å². The Hall–Kier alpha value is -2.45. The van der Waals surface area contributed by atoms with Crippen LogP contribution in [0.25, 0.3) is 21.8 Å². The highest BCUT2D eigenvalue weighted by atomic mass is 16.8. The number of nitrogens with zero attached hydrogens (tertiary/aromatic N) is 2. The average molecular weight is 342 g/mol. The van der Waals surface area contributed by atoms with Crippen LogP contribution in [-0.4, -0.2) is 49.4 Å². The number of hydrogen-bond donors (Lipinski definition) is 3. The van der Waals surface area contributed by atoms with Gasteiger partial charge >= 0.3 is 0 Å². The van der Waals surface area contributed by atoms with Gasteiger partial charge in [-0.2, -0.15) is 5.23 Å². The number of ether oxygens (including phenoxy) is 1. The van der Waals surface area contributed by atoms with Gasteiger partial charge in [0.2, 0.25) is 0 Å².